The topological polar surface area (TPSA) is 51.3 Å². The summed E-state index contributed by atoms with van der Waals surface area (Å²) in [4.78, 5) is 8.23. The molecular formula is C15H22N3Y-. The van der Waals surface area contributed by atoms with Crippen LogP contribution in [0.25, 0.3) is 0 Å². The maximum Gasteiger partial charge on any atom is 0.112 e. The average molecular weight is 333 g/mol. The molecule has 0 aliphatic rings. The predicted octanol–water partition coefficient (Wildman–Crippen LogP) is 3.45. The molecule has 0 aliphatic heterocycles. The summed E-state index contributed by atoms with van der Waals surface area (Å²) in [7, 11) is 0. The predicted molar refractivity (Wildman–Crippen MR) is 79.9 cm³/mol. The molecule has 0 saturated heterocycles. The first kappa shape index (κ1) is 20.3. The van der Waals surface area contributed by atoms with Gasteiger partial charge in [-0.15, -0.1) is 18.1 Å². The molecule has 0 unspecified atom stereocenters. The number of rotatable bonds is 3. The van der Waals surface area contributed by atoms with Crippen LogP contribution in [0.4, 0.5) is 5.82 Å². The van der Waals surface area contributed by atoms with Crippen molar-refractivity contribution < 1.29 is 34.1 Å². The van der Waals surface area contributed by atoms with Gasteiger partial charge in [-0.2, -0.15) is 6.07 Å². The van der Waals surface area contributed by atoms with Gasteiger partial charge in [-0.1, -0.05) is 39.8 Å². The number of terminal acetylenes is 1. The molecule has 1 aromatic heterocycles. The van der Waals surface area contributed by atoms with Crippen molar-refractivity contribution >= 4 is 11.7 Å². The molecule has 4 heteroatoms. The summed E-state index contributed by atoms with van der Waals surface area (Å²) in [5.41, 5.74) is 6.66. The molecule has 0 amide bonds. The number of aliphatic imine (C=N–C) groups is 1. The fraction of sp³-hybridized carbons (Fsp3) is 0.333. The summed E-state index contributed by atoms with van der Waals surface area (Å²) < 4.78 is 0. The van der Waals surface area contributed by atoms with E-state index in [-0.39, 0.29) is 34.1 Å². The molecule has 0 bridgehead atoms. The number of hydrogen-bond acceptors (Lipinski definition) is 2. The van der Waals surface area contributed by atoms with E-state index in [2.05, 4.69) is 35.8 Å². The minimum Gasteiger partial charge on any atom is -0.384 e. The Morgan fingerprint density at radius 2 is 2.21 bits per heavy atom. The van der Waals surface area contributed by atoms with Crippen molar-refractivity contribution in [2.24, 2.45) is 10.7 Å². The quantitative estimate of drug-likeness (QED) is 0.399. The number of nitrogens with zero attached hydrogens (tertiary/aromatic N) is 2. The molecule has 2 N–H and O–H groups in total. The Morgan fingerprint density at radius 1 is 1.58 bits per heavy atom. The zero-order valence-corrected chi connectivity index (χ0v) is 14.9. The molecule has 1 aromatic rings. The van der Waals surface area contributed by atoms with Crippen molar-refractivity contribution in [3.8, 4) is 12.3 Å². The normalized spacial score (nSPS) is 10.4. The van der Waals surface area contributed by atoms with Crippen molar-refractivity contribution in [3.63, 3.8) is 0 Å². The van der Waals surface area contributed by atoms with E-state index in [1.807, 2.05) is 13.8 Å². The first-order valence-electron chi connectivity index (χ1n) is 5.98. The number of allylic oxidation sites excluding steroid dienone is 1. The van der Waals surface area contributed by atoms with E-state index in [1.54, 1.807) is 18.3 Å². The maximum absolute atomic E-state index is 5.60. The Morgan fingerprint density at radius 3 is 2.63 bits per heavy atom. The summed E-state index contributed by atoms with van der Waals surface area (Å²) in [6.07, 6.45) is 9.85. The number of hydrogen-bond donors (Lipinski definition) is 1. The number of aromatic nitrogens is 1. The van der Waals surface area contributed by atoms with E-state index >= 15 is 0 Å². The Labute approximate surface area is 143 Å². The molecular weight excluding hydrogens is 311 g/mol. The van der Waals surface area contributed by atoms with E-state index < -0.39 is 0 Å². The first-order valence-corrected chi connectivity index (χ1v) is 5.98. The summed E-state index contributed by atoms with van der Waals surface area (Å²) in [6.45, 7) is 8.17. The Balaban J connectivity index is -0.000000689. The van der Waals surface area contributed by atoms with E-state index in [0.29, 0.717) is 17.6 Å². The van der Waals surface area contributed by atoms with Crippen LogP contribution in [0.1, 0.15) is 40.6 Å². The van der Waals surface area contributed by atoms with Gasteiger partial charge < -0.3 is 10.7 Å². The smallest absolute Gasteiger partial charge is 0.112 e. The minimum absolute atomic E-state index is 0. The minimum atomic E-state index is 0. The van der Waals surface area contributed by atoms with Crippen molar-refractivity contribution in [3.05, 3.63) is 36.0 Å². The number of pyridine rings is 1. The first-order chi connectivity index (χ1) is 8.63. The van der Waals surface area contributed by atoms with Crippen LogP contribution in [0.2, 0.25) is 0 Å². The number of nitrogens with two attached hydrogens (primary N) is 1. The molecule has 0 aliphatic carbocycles. The summed E-state index contributed by atoms with van der Waals surface area (Å²) in [5.74, 6) is 3.61. The van der Waals surface area contributed by atoms with Crippen LogP contribution in [-0.4, -0.2) is 10.8 Å². The molecule has 1 radical (unpaired) electrons. The van der Waals surface area contributed by atoms with Gasteiger partial charge in [0, 0.05) is 40.0 Å². The molecule has 1 rings (SSSR count). The van der Waals surface area contributed by atoms with Crippen LogP contribution in [0.5, 0.6) is 0 Å². The van der Waals surface area contributed by atoms with Gasteiger partial charge in [0.2, 0.25) is 0 Å². The summed E-state index contributed by atoms with van der Waals surface area (Å²) >= 11 is 0. The fourth-order valence-corrected chi connectivity index (χ4v) is 1.04. The molecule has 0 saturated carbocycles. The molecule has 3 nitrogen and oxygen atoms in total. The second kappa shape index (κ2) is 12.1. The average Bonchev–Trinajstić information content (AvgIpc) is 2.39. The van der Waals surface area contributed by atoms with Gasteiger partial charge in [0.25, 0.3) is 0 Å². The molecule has 0 spiro atoms. The third-order valence-corrected chi connectivity index (χ3v) is 1.92. The van der Waals surface area contributed by atoms with Gasteiger partial charge in [-0.3, -0.25) is 4.99 Å². The van der Waals surface area contributed by atoms with Gasteiger partial charge in [-0.05, 0) is 18.1 Å². The van der Waals surface area contributed by atoms with E-state index in [4.69, 9.17) is 12.2 Å². The van der Waals surface area contributed by atoms with Gasteiger partial charge >= 0.3 is 0 Å². The summed E-state index contributed by atoms with van der Waals surface area (Å²) in [5, 5.41) is 0. The monoisotopic (exact) mass is 333 g/mol. The zero-order chi connectivity index (χ0) is 14.0. The second-order valence-electron chi connectivity index (χ2n) is 3.55. The SMILES string of the molecule is C#C/C=C\C(N)=Nc1c[c-]c(C(C)C)cn1.CC.[HH].[Y]. The Kier molecular flexibility index (Phi) is 12.9. The second-order valence-corrected chi connectivity index (χ2v) is 3.55. The van der Waals surface area contributed by atoms with Crippen LogP contribution in [0.15, 0.2) is 29.4 Å². The van der Waals surface area contributed by atoms with Gasteiger partial charge in [0.15, 0.2) is 0 Å². The van der Waals surface area contributed by atoms with Gasteiger partial charge in [0.05, 0.1) is 0 Å². The van der Waals surface area contributed by atoms with E-state index in [0.717, 1.165) is 5.56 Å². The van der Waals surface area contributed by atoms with E-state index in [9.17, 15) is 0 Å². The van der Waals surface area contributed by atoms with Crippen molar-refractivity contribution in [1.29, 1.82) is 0 Å². The fourth-order valence-electron chi connectivity index (χ4n) is 1.04. The van der Waals surface area contributed by atoms with Crippen LogP contribution < -0.4 is 5.73 Å². The van der Waals surface area contributed by atoms with Crippen LogP contribution in [0, 0.1) is 18.4 Å². The van der Waals surface area contributed by atoms with Gasteiger partial charge in [0.1, 0.15) is 5.84 Å². The standard InChI is InChI=1S/C13H14N3.C2H6.Y.H2/c1-4-5-6-12(14)16-13-8-7-11(9-15-13)10(2)3;1-2;;/h1,5-6,8-10H,2-3H3,(H2,14,15,16);1-2H3;;1H/q-1;;;/b6-5-;;;. The zero-order valence-electron chi connectivity index (χ0n) is 12.0. The molecule has 0 fully saturated rings. The molecule has 0 atom stereocenters. The third-order valence-electron chi connectivity index (χ3n) is 1.92. The molecule has 19 heavy (non-hydrogen) atoms. The van der Waals surface area contributed by atoms with Crippen LogP contribution in [-0.2, 0) is 32.7 Å². The summed E-state index contributed by atoms with van der Waals surface area (Å²) in [6, 6.07) is 4.82. The third kappa shape index (κ3) is 8.69. The van der Waals surface area contributed by atoms with Gasteiger partial charge in [-0.25, -0.2) is 0 Å². The van der Waals surface area contributed by atoms with Crippen LogP contribution in [0.3, 0.4) is 0 Å². The maximum atomic E-state index is 5.60. The van der Waals surface area contributed by atoms with E-state index in [1.165, 1.54) is 6.08 Å². The number of amidine groups is 1. The Bertz CT molecular complexity index is 445. The van der Waals surface area contributed by atoms with Crippen molar-refractivity contribution in [2.45, 2.75) is 33.6 Å². The molecule has 101 valence electrons. The molecule has 1 heterocycles. The Hall–Kier alpha value is -0.976. The van der Waals surface area contributed by atoms with Crippen molar-refractivity contribution in [2.75, 3.05) is 0 Å². The van der Waals surface area contributed by atoms with Crippen molar-refractivity contribution in [1.82, 2.24) is 4.98 Å². The van der Waals surface area contributed by atoms with Crippen LogP contribution >= 0.6 is 0 Å². The largest absolute Gasteiger partial charge is 0.384 e. The molecule has 0 aromatic carbocycles.